The second kappa shape index (κ2) is 5.44. The van der Waals surface area contributed by atoms with Crippen molar-refractivity contribution in [2.75, 3.05) is 5.32 Å². The van der Waals surface area contributed by atoms with Crippen LogP contribution in [0.5, 0.6) is 0 Å². The first kappa shape index (κ1) is 14.9. The van der Waals surface area contributed by atoms with Gasteiger partial charge in [0.15, 0.2) is 0 Å². The third-order valence-electron chi connectivity index (χ3n) is 2.99. The van der Waals surface area contributed by atoms with Gasteiger partial charge in [-0.05, 0) is 37.3 Å². The van der Waals surface area contributed by atoms with Gasteiger partial charge in [-0.2, -0.15) is 18.4 Å². The molecule has 108 valence electrons. The number of rotatable bonds is 2. The minimum absolute atomic E-state index is 0.134. The highest BCUT2D eigenvalue weighted by atomic mass is 19.4. The molecule has 0 atom stereocenters. The van der Waals surface area contributed by atoms with Gasteiger partial charge in [-0.1, -0.05) is 6.07 Å². The predicted octanol–water partition coefficient (Wildman–Crippen LogP) is 4.77. The van der Waals surface area contributed by atoms with E-state index >= 15 is 0 Å². The van der Waals surface area contributed by atoms with Crippen LogP contribution >= 0.6 is 0 Å². The van der Waals surface area contributed by atoms with E-state index in [-0.39, 0.29) is 5.69 Å². The number of benzene rings is 2. The molecule has 2 rings (SSSR count). The lowest BCUT2D eigenvalue weighted by Crippen LogP contribution is -2.08. The fourth-order valence-electron chi connectivity index (χ4n) is 1.85. The van der Waals surface area contributed by atoms with E-state index in [2.05, 4.69) is 5.32 Å². The second-order valence-corrected chi connectivity index (χ2v) is 4.41. The van der Waals surface area contributed by atoms with Crippen molar-refractivity contribution in [1.29, 1.82) is 5.26 Å². The lowest BCUT2D eigenvalue weighted by molar-refractivity contribution is -0.137. The van der Waals surface area contributed by atoms with Gasteiger partial charge in [-0.25, -0.2) is 4.39 Å². The van der Waals surface area contributed by atoms with Gasteiger partial charge in [-0.15, -0.1) is 0 Å². The lowest BCUT2D eigenvalue weighted by atomic mass is 10.1. The Hall–Kier alpha value is -2.55. The van der Waals surface area contributed by atoms with Crippen LogP contribution in [0.4, 0.5) is 28.9 Å². The quantitative estimate of drug-likeness (QED) is 0.810. The topological polar surface area (TPSA) is 35.8 Å². The zero-order valence-electron chi connectivity index (χ0n) is 10.9. The molecule has 0 spiro atoms. The zero-order chi connectivity index (χ0) is 15.6. The molecule has 0 heterocycles. The number of nitrogens with zero attached hydrogens (tertiary/aromatic N) is 1. The van der Waals surface area contributed by atoms with Crippen molar-refractivity contribution in [3.63, 3.8) is 0 Å². The van der Waals surface area contributed by atoms with E-state index in [4.69, 9.17) is 5.26 Å². The summed E-state index contributed by atoms with van der Waals surface area (Å²) >= 11 is 0. The van der Waals surface area contributed by atoms with Crippen LogP contribution in [0.3, 0.4) is 0 Å². The number of anilines is 2. The van der Waals surface area contributed by atoms with Crippen LogP contribution in [0.25, 0.3) is 0 Å². The van der Waals surface area contributed by atoms with Gasteiger partial charge in [-0.3, -0.25) is 0 Å². The number of nitrogens with one attached hydrogen (secondary N) is 1. The number of nitriles is 1. The summed E-state index contributed by atoms with van der Waals surface area (Å²) in [4.78, 5) is 0. The van der Waals surface area contributed by atoms with Crippen LogP contribution in [-0.4, -0.2) is 0 Å². The van der Waals surface area contributed by atoms with Crippen LogP contribution in [-0.2, 0) is 6.18 Å². The molecule has 2 nitrogen and oxygen atoms in total. The first-order chi connectivity index (χ1) is 9.82. The molecule has 0 fully saturated rings. The summed E-state index contributed by atoms with van der Waals surface area (Å²) in [5.74, 6) is -0.454. The largest absolute Gasteiger partial charge is 0.417 e. The van der Waals surface area contributed by atoms with Crippen molar-refractivity contribution in [3.8, 4) is 6.07 Å². The molecule has 21 heavy (non-hydrogen) atoms. The van der Waals surface area contributed by atoms with Gasteiger partial charge in [0.25, 0.3) is 0 Å². The lowest BCUT2D eigenvalue weighted by Gasteiger charge is -2.13. The Morgan fingerprint density at radius 3 is 2.48 bits per heavy atom. The number of hydrogen-bond donors (Lipinski definition) is 1. The van der Waals surface area contributed by atoms with Gasteiger partial charge in [0.2, 0.25) is 0 Å². The molecule has 0 amide bonds. The highest BCUT2D eigenvalue weighted by Crippen LogP contribution is 2.34. The summed E-state index contributed by atoms with van der Waals surface area (Å²) in [6.07, 6.45) is -4.63. The first-order valence-corrected chi connectivity index (χ1v) is 5.96. The minimum Gasteiger partial charge on any atom is -0.355 e. The van der Waals surface area contributed by atoms with Crippen LogP contribution in [0.1, 0.15) is 16.7 Å². The van der Waals surface area contributed by atoms with Gasteiger partial charge in [0.05, 0.1) is 17.2 Å². The maximum Gasteiger partial charge on any atom is 0.417 e. The molecule has 2 aromatic carbocycles. The van der Waals surface area contributed by atoms with E-state index < -0.39 is 23.1 Å². The molecule has 1 N–H and O–H groups in total. The molecule has 0 saturated carbocycles. The molecule has 0 bridgehead atoms. The van der Waals surface area contributed by atoms with E-state index in [0.717, 1.165) is 12.1 Å². The molecular formula is C15H10F4N2. The average Bonchev–Trinajstić information content (AvgIpc) is 2.43. The molecule has 0 aliphatic rings. The molecule has 0 aliphatic carbocycles. The van der Waals surface area contributed by atoms with Crippen molar-refractivity contribution < 1.29 is 17.6 Å². The second-order valence-electron chi connectivity index (χ2n) is 4.41. The van der Waals surface area contributed by atoms with Gasteiger partial charge in [0.1, 0.15) is 5.82 Å². The fourth-order valence-corrected chi connectivity index (χ4v) is 1.85. The Bertz CT molecular complexity index is 715. The molecule has 0 saturated heterocycles. The van der Waals surface area contributed by atoms with Crippen LogP contribution in [0.2, 0.25) is 0 Å². The van der Waals surface area contributed by atoms with E-state index in [1.54, 1.807) is 6.07 Å². The highest BCUT2D eigenvalue weighted by Gasteiger charge is 2.33. The summed E-state index contributed by atoms with van der Waals surface area (Å²) in [6, 6.07) is 9.05. The van der Waals surface area contributed by atoms with E-state index in [1.165, 1.54) is 31.2 Å². The standard InChI is InChI=1S/C15H10F4N2/c1-9-13(16)3-2-4-14(9)21-11-6-5-10(8-20)12(7-11)15(17,18)19/h2-7,21H,1H3. The third kappa shape index (κ3) is 3.14. The average molecular weight is 294 g/mol. The van der Waals surface area contributed by atoms with Crippen molar-refractivity contribution >= 4 is 11.4 Å². The van der Waals surface area contributed by atoms with Crippen LogP contribution in [0.15, 0.2) is 36.4 Å². The Morgan fingerprint density at radius 2 is 1.86 bits per heavy atom. The number of hydrogen-bond acceptors (Lipinski definition) is 2. The zero-order valence-corrected chi connectivity index (χ0v) is 10.9. The highest BCUT2D eigenvalue weighted by molar-refractivity contribution is 5.65. The van der Waals surface area contributed by atoms with Crippen LogP contribution < -0.4 is 5.32 Å². The first-order valence-electron chi connectivity index (χ1n) is 5.96. The molecule has 0 unspecified atom stereocenters. The Labute approximate surface area is 118 Å². The summed E-state index contributed by atoms with van der Waals surface area (Å²) in [5, 5.41) is 11.5. The summed E-state index contributed by atoms with van der Waals surface area (Å²) < 4.78 is 52.0. The number of halogens is 4. The summed E-state index contributed by atoms with van der Waals surface area (Å²) in [6.45, 7) is 1.52. The van der Waals surface area contributed by atoms with E-state index in [1.807, 2.05) is 0 Å². The van der Waals surface area contributed by atoms with Crippen molar-refractivity contribution in [2.24, 2.45) is 0 Å². The normalized spacial score (nSPS) is 11.0. The summed E-state index contributed by atoms with van der Waals surface area (Å²) in [5.41, 5.74) is -0.675. The number of alkyl halides is 3. The van der Waals surface area contributed by atoms with Crippen molar-refractivity contribution in [3.05, 3.63) is 58.9 Å². The van der Waals surface area contributed by atoms with E-state index in [9.17, 15) is 17.6 Å². The maximum absolute atomic E-state index is 13.4. The molecule has 0 aromatic heterocycles. The third-order valence-corrected chi connectivity index (χ3v) is 2.99. The Kier molecular flexibility index (Phi) is 3.85. The molecular weight excluding hydrogens is 284 g/mol. The smallest absolute Gasteiger partial charge is 0.355 e. The van der Waals surface area contributed by atoms with E-state index in [0.29, 0.717) is 11.3 Å². The summed E-state index contributed by atoms with van der Waals surface area (Å²) in [7, 11) is 0. The fraction of sp³-hybridized carbons (Fsp3) is 0.133. The Morgan fingerprint density at radius 1 is 1.14 bits per heavy atom. The van der Waals surface area contributed by atoms with Gasteiger partial charge in [0, 0.05) is 16.9 Å². The molecule has 6 heteroatoms. The predicted molar refractivity (Wildman–Crippen MR) is 70.6 cm³/mol. The SMILES string of the molecule is Cc1c(F)cccc1Nc1ccc(C#N)c(C(F)(F)F)c1. The van der Waals surface area contributed by atoms with Gasteiger partial charge >= 0.3 is 6.18 Å². The maximum atomic E-state index is 13.4. The van der Waals surface area contributed by atoms with Crippen LogP contribution in [0, 0.1) is 24.1 Å². The van der Waals surface area contributed by atoms with Crippen molar-refractivity contribution in [2.45, 2.75) is 13.1 Å². The monoisotopic (exact) mass is 294 g/mol. The molecule has 0 aliphatic heterocycles. The Balaban J connectivity index is 2.43. The van der Waals surface area contributed by atoms with Gasteiger partial charge < -0.3 is 5.32 Å². The minimum atomic E-state index is -4.63. The molecule has 2 aromatic rings. The molecule has 0 radical (unpaired) electrons. The van der Waals surface area contributed by atoms with Crippen molar-refractivity contribution in [1.82, 2.24) is 0 Å².